The number of carbonyl (C=O) groups excluding carboxylic acids is 1. The lowest BCUT2D eigenvalue weighted by atomic mass is 10.2. The van der Waals surface area contributed by atoms with Gasteiger partial charge in [-0.25, -0.2) is 27.6 Å². The highest BCUT2D eigenvalue weighted by Crippen LogP contribution is 2.41. The van der Waals surface area contributed by atoms with Crippen molar-refractivity contribution >= 4 is 5.78 Å². The molecule has 0 aliphatic heterocycles. The Bertz CT molecular complexity index is 1030. The summed E-state index contributed by atoms with van der Waals surface area (Å²) in [6.07, 6.45) is 12.2. The van der Waals surface area contributed by atoms with Crippen LogP contribution >= 0.6 is 0 Å². The Labute approximate surface area is 180 Å². The van der Waals surface area contributed by atoms with Gasteiger partial charge in [-0.05, 0) is 25.0 Å². The van der Waals surface area contributed by atoms with E-state index in [-0.39, 0.29) is 11.4 Å². The molecule has 0 unspecified atom stereocenters. The number of halogens is 2. The van der Waals surface area contributed by atoms with Crippen LogP contribution in [0.15, 0.2) is 70.3 Å². The first-order chi connectivity index (χ1) is 14.7. The van der Waals surface area contributed by atoms with E-state index in [0.717, 1.165) is 30.0 Å². The number of hydrogen-bond donors (Lipinski definition) is 0. The Morgan fingerprint density at radius 2 is 1.84 bits per heavy atom. The molecule has 10 heteroatoms. The second kappa shape index (κ2) is 9.63. The van der Waals surface area contributed by atoms with Gasteiger partial charge < -0.3 is 4.52 Å². The number of Topliss-reactive ketones (excluding diaryl/α,β-unsaturated/α-hetero) is 1. The molecule has 3 aliphatic rings. The third-order valence-corrected chi connectivity index (χ3v) is 4.65. The van der Waals surface area contributed by atoms with Crippen molar-refractivity contribution in [3.63, 3.8) is 0 Å². The molecule has 2 aromatic heterocycles. The summed E-state index contributed by atoms with van der Waals surface area (Å²) in [6, 6.07) is 6.28. The minimum Gasteiger partial charge on any atom is -0.360 e. The molecule has 0 radical (unpaired) electrons. The van der Waals surface area contributed by atoms with Gasteiger partial charge in [0.1, 0.15) is 23.8 Å². The number of aryl methyl sites for hydroxylation is 1. The van der Waals surface area contributed by atoms with E-state index in [9.17, 15) is 9.18 Å². The molecule has 0 N–H and O–H groups in total. The normalized spacial score (nSPS) is 16.6. The maximum atomic E-state index is 12.4. The van der Waals surface area contributed by atoms with Gasteiger partial charge in [-0.1, -0.05) is 18.2 Å². The average molecular weight is 451 g/mol. The van der Waals surface area contributed by atoms with Crippen molar-refractivity contribution in [1.82, 2.24) is 5.16 Å². The van der Waals surface area contributed by atoms with Crippen molar-refractivity contribution in [1.29, 1.82) is 0 Å². The van der Waals surface area contributed by atoms with Gasteiger partial charge in [-0.3, -0.25) is 4.79 Å². The quantitative estimate of drug-likeness (QED) is 0.569. The van der Waals surface area contributed by atoms with E-state index < -0.39 is 16.1 Å². The minimum absolute atomic E-state index is 0.174. The van der Waals surface area contributed by atoms with Gasteiger partial charge in [-0.15, -0.1) is 10.2 Å². The number of fused-ring (bicyclic) bond motifs is 2. The van der Waals surface area contributed by atoms with Gasteiger partial charge in [0.2, 0.25) is 0 Å². The summed E-state index contributed by atoms with van der Waals surface area (Å²) in [5, 5.41) is 4.14. The Morgan fingerprint density at radius 1 is 1.19 bits per heavy atom. The van der Waals surface area contributed by atoms with Crippen molar-refractivity contribution in [2.24, 2.45) is 0 Å². The van der Waals surface area contributed by atoms with Crippen LogP contribution < -0.4 is 23.2 Å². The van der Waals surface area contributed by atoms with Crippen LogP contribution in [-0.4, -0.2) is 10.9 Å². The summed E-state index contributed by atoms with van der Waals surface area (Å²) < 4.78 is 53.9. The maximum Gasteiger partial charge on any atom is 0.196 e. The van der Waals surface area contributed by atoms with Crippen molar-refractivity contribution < 1.29 is 47.2 Å². The standard InChI is InChI=1S/C14H17N2O.C7H3FO.ClHO4/c1-2-7-16-8-5-11(6-9-16)13-10-14(17-15-13)12-3-4-12;8-6-3-4-1-2-5(6)7(4)9;2-1(3,4)5/h5-6,8-10,12H,2-4,7H2,1H3;1-3H;(H,2,3,4,5)/q+1;;/p-1. The predicted octanol–water partition coefficient (Wildman–Crippen LogP) is -0.551. The molecular formula is C21H20ClFN2O6. The van der Waals surface area contributed by atoms with E-state index in [4.69, 9.17) is 23.2 Å². The third-order valence-electron chi connectivity index (χ3n) is 4.65. The number of carbonyl (C=O) groups is 1. The third kappa shape index (κ3) is 6.65. The molecule has 2 bridgehead atoms. The van der Waals surface area contributed by atoms with Crippen LogP contribution in [0.5, 0.6) is 0 Å². The fraction of sp³-hybridized carbons (Fsp3) is 0.286. The number of nitrogens with zero attached hydrogens (tertiary/aromatic N) is 2. The van der Waals surface area contributed by atoms with E-state index in [1.165, 1.54) is 25.0 Å². The zero-order valence-electron chi connectivity index (χ0n) is 16.6. The predicted molar refractivity (Wildman–Crippen MR) is 94.8 cm³/mol. The molecule has 2 aromatic rings. The van der Waals surface area contributed by atoms with E-state index >= 15 is 0 Å². The Hall–Kier alpha value is -2.69. The molecule has 0 atom stereocenters. The van der Waals surface area contributed by atoms with Gasteiger partial charge in [0, 0.05) is 41.7 Å². The van der Waals surface area contributed by atoms with E-state index in [1.54, 1.807) is 6.08 Å². The first-order valence-corrected chi connectivity index (χ1v) is 10.8. The number of ketones is 1. The number of aromatic nitrogens is 2. The molecule has 0 spiro atoms. The number of allylic oxidation sites excluding steroid dienone is 6. The molecule has 0 amide bonds. The van der Waals surface area contributed by atoms with Gasteiger partial charge in [0.15, 0.2) is 18.2 Å². The summed E-state index contributed by atoms with van der Waals surface area (Å²) in [5.74, 6) is 1.11. The summed E-state index contributed by atoms with van der Waals surface area (Å²) in [4.78, 5) is 10.7. The number of pyridine rings is 1. The van der Waals surface area contributed by atoms with Crippen LogP contribution in [0.1, 0.15) is 37.9 Å². The van der Waals surface area contributed by atoms with Crippen molar-refractivity contribution in [2.45, 2.75) is 38.6 Å². The summed E-state index contributed by atoms with van der Waals surface area (Å²) >= 11 is 0. The first kappa shape index (κ1) is 23.0. The van der Waals surface area contributed by atoms with Crippen molar-refractivity contribution in [3.8, 4) is 11.3 Å². The topological polar surface area (TPSA) is 139 Å². The van der Waals surface area contributed by atoms with Crippen LogP contribution in [-0.2, 0) is 11.3 Å². The fourth-order valence-corrected chi connectivity index (χ4v) is 3.02. The molecule has 2 heterocycles. The zero-order chi connectivity index (χ0) is 22.6. The largest absolute Gasteiger partial charge is 0.360 e. The number of rotatable bonds is 4. The Kier molecular flexibility index (Phi) is 7.14. The van der Waals surface area contributed by atoms with Crippen molar-refractivity contribution in [3.05, 3.63) is 71.6 Å². The highest BCUT2D eigenvalue weighted by atomic mass is 35.7. The molecule has 3 aliphatic carbocycles. The molecule has 1 fully saturated rings. The van der Waals surface area contributed by atoms with Crippen LogP contribution in [0.4, 0.5) is 4.39 Å². The smallest absolute Gasteiger partial charge is 0.196 e. The molecular weight excluding hydrogens is 431 g/mol. The Balaban J connectivity index is 0.000000162. The van der Waals surface area contributed by atoms with Crippen LogP contribution in [0.3, 0.4) is 0 Å². The van der Waals surface area contributed by atoms with E-state index in [2.05, 4.69) is 47.2 Å². The second-order valence-corrected chi connectivity index (χ2v) is 7.87. The molecule has 5 rings (SSSR count). The van der Waals surface area contributed by atoms with Gasteiger partial charge in [0.25, 0.3) is 0 Å². The lowest BCUT2D eigenvalue weighted by molar-refractivity contribution is -2.00. The summed E-state index contributed by atoms with van der Waals surface area (Å²) in [7, 11) is -4.94. The minimum atomic E-state index is -4.94. The monoisotopic (exact) mass is 450 g/mol. The van der Waals surface area contributed by atoms with Crippen molar-refractivity contribution in [2.75, 3.05) is 0 Å². The van der Waals surface area contributed by atoms with Crippen LogP contribution in [0, 0.1) is 10.2 Å². The van der Waals surface area contributed by atoms with E-state index in [1.807, 2.05) is 0 Å². The lowest BCUT2D eigenvalue weighted by Gasteiger charge is -2.17. The zero-order valence-corrected chi connectivity index (χ0v) is 17.4. The second-order valence-electron chi connectivity index (χ2n) is 7.12. The molecule has 0 aromatic carbocycles. The van der Waals surface area contributed by atoms with Gasteiger partial charge in [-0.2, -0.15) is 0 Å². The molecule has 164 valence electrons. The molecule has 0 saturated heterocycles. The van der Waals surface area contributed by atoms with Gasteiger partial charge >= 0.3 is 0 Å². The Morgan fingerprint density at radius 3 is 2.26 bits per heavy atom. The molecule has 1 saturated carbocycles. The number of hydrogen-bond acceptors (Lipinski definition) is 7. The fourth-order valence-electron chi connectivity index (χ4n) is 3.02. The summed E-state index contributed by atoms with van der Waals surface area (Å²) in [6.45, 7) is 3.24. The van der Waals surface area contributed by atoms with E-state index in [0.29, 0.717) is 11.5 Å². The SMILES string of the molecule is CCC[n+]1ccc(-c2cc(C3CC3)on2)cc1.O=C1C2=CC(F)=C1C=C2.[O-][Cl+3]([O-])([O-])[O-]. The van der Waals surface area contributed by atoms with Gasteiger partial charge in [0.05, 0.1) is 5.57 Å². The maximum absolute atomic E-state index is 12.4. The first-order valence-electron chi connectivity index (χ1n) is 9.57. The molecule has 8 nitrogen and oxygen atoms in total. The summed E-state index contributed by atoms with van der Waals surface area (Å²) in [5.41, 5.74) is 2.77. The molecule has 31 heavy (non-hydrogen) atoms. The highest BCUT2D eigenvalue weighted by molar-refractivity contribution is 6.18. The van der Waals surface area contributed by atoms with Crippen LogP contribution in [0.25, 0.3) is 11.3 Å². The lowest BCUT2D eigenvalue weighted by Crippen LogP contribution is -2.68. The average Bonchev–Trinajstić information content (AvgIpc) is 3.24. The highest BCUT2D eigenvalue weighted by Gasteiger charge is 2.28. The van der Waals surface area contributed by atoms with Crippen LogP contribution in [0.2, 0.25) is 0 Å².